The molecular formula is C16H19FN4O3S. The van der Waals surface area contributed by atoms with Crippen LogP contribution in [-0.4, -0.2) is 56.0 Å². The number of aromatic nitrogens is 2. The van der Waals surface area contributed by atoms with Crippen LogP contribution in [0.15, 0.2) is 41.6 Å². The lowest BCUT2D eigenvalue weighted by molar-refractivity contribution is 0.206. The van der Waals surface area contributed by atoms with E-state index in [0.29, 0.717) is 24.7 Å². The number of sulfonamides is 1. The van der Waals surface area contributed by atoms with Gasteiger partial charge in [-0.2, -0.15) is 9.29 Å². The van der Waals surface area contributed by atoms with Crippen LogP contribution in [-0.2, 0) is 10.0 Å². The van der Waals surface area contributed by atoms with Crippen LogP contribution in [0, 0.1) is 5.82 Å². The first-order valence-electron chi connectivity index (χ1n) is 7.78. The number of halogens is 1. The van der Waals surface area contributed by atoms with E-state index in [0.717, 1.165) is 6.07 Å². The summed E-state index contributed by atoms with van der Waals surface area (Å²) in [6.45, 7) is 0.497. The van der Waals surface area contributed by atoms with E-state index in [-0.39, 0.29) is 17.5 Å². The fourth-order valence-corrected chi connectivity index (χ4v) is 4.09. The number of ether oxygens (including phenoxy) is 1. The van der Waals surface area contributed by atoms with Crippen LogP contribution in [0.2, 0.25) is 0 Å². The maximum Gasteiger partial charge on any atom is 0.243 e. The van der Waals surface area contributed by atoms with Crippen molar-refractivity contribution in [3.8, 4) is 5.88 Å². The van der Waals surface area contributed by atoms with Gasteiger partial charge in [-0.3, -0.25) is 4.98 Å². The Kier molecular flexibility index (Phi) is 4.87. The smallest absolute Gasteiger partial charge is 0.243 e. The summed E-state index contributed by atoms with van der Waals surface area (Å²) in [5.74, 6) is 0.421. The number of hydrogen-bond donors (Lipinski definition) is 0. The van der Waals surface area contributed by atoms with Crippen molar-refractivity contribution in [1.82, 2.24) is 14.3 Å². The topological polar surface area (TPSA) is 75.6 Å². The lowest BCUT2D eigenvalue weighted by Gasteiger charge is -2.17. The van der Waals surface area contributed by atoms with Crippen LogP contribution in [0.3, 0.4) is 0 Å². The molecule has 0 radical (unpaired) electrons. The maximum absolute atomic E-state index is 13.3. The zero-order valence-electron chi connectivity index (χ0n) is 14.0. The average Bonchev–Trinajstić information content (AvgIpc) is 3.04. The highest BCUT2D eigenvalue weighted by atomic mass is 32.2. The summed E-state index contributed by atoms with van der Waals surface area (Å²) in [5.41, 5.74) is 0. The number of benzene rings is 1. The highest BCUT2D eigenvalue weighted by molar-refractivity contribution is 7.89. The first-order chi connectivity index (χ1) is 11.9. The molecule has 1 fully saturated rings. The Hall–Kier alpha value is -2.26. The van der Waals surface area contributed by atoms with Gasteiger partial charge in [0.15, 0.2) is 5.82 Å². The molecule has 25 heavy (non-hydrogen) atoms. The number of hydrogen-bond acceptors (Lipinski definition) is 6. The van der Waals surface area contributed by atoms with E-state index in [1.165, 1.54) is 28.7 Å². The molecule has 1 atom stereocenters. The molecule has 1 aliphatic heterocycles. The zero-order chi connectivity index (χ0) is 18.0. The molecule has 2 heterocycles. The highest BCUT2D eigenvalue weighted by Gasteiger charge is 2.34. The van der Waals surface area contributed by atoms with Gasteiger partial charge in [0, 0.05) is 20.6 Å². The minimum absolute atomic E-state index is 0.0532. The summed E-state index contributed by atoms with van der Waals surface area (Å²) in [6.07, 6.45) is 3.32. The first kappa shape index (κ1) is 17.6. The standard InChI is InChI=1S/C16H19FN4O3S/c1-20(2)15-9-18-10-16(19-15)24-13-6-7-21(11-13)25(22,23)14-5-3-4-12(17)8-14/h3-5,8-10,13H,6-7,11H2,1-2H3. The van der Waals surface area contributed by atoms with Crippen molar-refractivity contribution in [3.63, 3.8) is 0 Å². The van der Waals surface area contributed by atoms with E-state index < -0.39 is 15.8 Å². The normalized spacial score (nSPS) is 18.3. The van der Waals surface area contributed by atoms with Crippen molar-refractivity contribution < 1.29 is 17.5 Å². The number of anilines is 1. The molecule has 3 rings (SSSR count). The molecular weight excluding hydrogens is 347 g/mol. The predicted octanol–water partition coefficient (Wildman–Crippen LogP) is 1.52. The summed E-state index contributed by atoms with van der Waals surface area (Å²) in [5, 5.41) is 0. The predicted molar refractivity (Wildman–Crippen MR) is 90.6 cm³/mol. The van der Waals surface area contributed by atoms with Crippen molar-refractivity contribution in [3.05, 3.63) is 42.5 Å². The fourth-order valence-electron chi connectivity index (χ4n) is 2.57. The molecule has 134 valence electrons. The molecule has 0 amide bonds. The average molecular weight is 366 g/mol. The molecule has 0 aliphatic carbocycles. The minimum atomic E-state index is -3.74. The second-order valence-electron chi connectivity index (χ2n) is 5.96. The second kappa shape index (κ2) is 6.93. The molecule has 0 bridgehead atoms. The molecule has 7 nitrogen and oxygen atoms in total. The third kappa shape index (κ3) is 3.88. The Balaban J connectivity index is 1.70. The van der Waals surface area contributed by atoms with Gasteiger partial charge < -0.3 is 9.64 Å². The van der Waals surface area contributed by atoms with E-state index in [9.17, 15) is 12.8 Å². The van der Waals surface area contributed by atoms with E-state index in [1.807, 2.05) is 14.1 Å². The van der Waals surface area contributed by atoms with Gasteiger partial charge in [0.05, 0.1) is 23.8 Å². The van der Waals surface area contributed by atoms with Gasteiger partial charge in [0.1, 0.15) is 11.9 Å². The second-order valence-corrected chi connectivity index (χ2v) is 7.90. The van der Waals surface area contributed by atoms with Crippen molar-refractivity contribution >= 4 is 15.8 Å². The largest absolute Gasteiger partial charge is 0.472 e. The van der Waals surface area contributed by atoms with Crippen LogP contribution in [0.5, 0.6) is 5.88 Å². The van der Waals surface area contributed by atoms with Gasteiger partial charge in [-0.1, -0.05) is 6.07 Å². The third-order valence-electron chi connectivity index (χ3n) is 3.89. The summed E-state index contributed by atoms with van der Waals surface area (Å²) in [7, 11) is -0.0511. The molecule has 2 aromatic rings. The molecule has 1 aromatic heterocycles. The van der Waals surface area contributed by atoms with Crippen LogP contribution in [0.1, 0.15) is 6.42 Å². The quantitative estimate of drug-likeness (QED) is 0.799. The Bertz CT molecular complexity index is 860. The SMILES string of the molecule is CN(C)c1cncc(OC2CCN(S(=O)(=O)c3cccc(F)c3)C2)n1. The molecule has 1 aliphatic rings. The molecule has 1 unspecified atom stereocenters. The Morgan fingerprint density at radius 1 is 1.32 bits per heavy atom. The lowest BCUT2D eigenvalue weighted by atomic mass is 10.3. The van der Waals surface area contributed by atoms with Gasteiger partial charge >= 0.3 is 0 Å². The maximum atomic E-state index is 13.3. The van der Waals surface area contributed by atoms with E-state index >= 15 is 0 Å². The fraction of sp³-hybridized carbons (Fsp3) is 0.375. The summed E-state index contributed by atoms with van der Waals surface area (Å²) in [6, 6.07) is 5.01. The summed E-state index contributed by atoms with van der Waals surface area (Å²) >= 11 is 0. The van der Waals surface area contributed by atoms with Crippen molar-refractivity contribution in [2.75, 3.05) is 32.1 Å². The molecule has 9 heteroatoms. The molecule has 0 N–H and O–H groups in total. The molecule has 1 aromatic carbocycles. The zero-order valence-corrected chi connectivity index (χ0v) is 14.8. The Labute approximate surface area is 146 Å². The van der Waals surface area contributed by atoms with Crippen LogP contribution < -0.4 is 9.64 Å². The Morgan fingerprint density at radius 2 is 2.12 bits per heavy atom. The number of rotatable bonds is 5. The van der Waals surface area contributed by atoms with Gasteiger partial charge in [-0.25, -0.2) is 12.8 Å². The van der Waals surface area contributed by atoms with Gasteiger partial charge in [-0.15, -0.1) is 0 Å². The minimum Gasteiger partial charge on any atom is -0.472 e. The van der Waals surface area contributed by atoms with Crippen molar-refractivity contribution in [2.45, 2.75) is 17.4 Å². The monoisotopic (exact) mass is 366 g/mol. The molecule has 0 spiro atoms. The van der Waals surface area contributed by atoms with E-state index in [4.69, 9.17) is 4.74 Å². The first-order valence-corrected chi connectivity index (χ1v) is 9.22. The third-order valence-corrected chi connectivity index (χ3v) is 5.75. The summed E-state index contributed by atoms with van der Waals surface area (Å²) < 4.78 is 45.6. The number of nitrogens with zero attached hydrogens (tertiary/aromatic N) is 4. The van der Waals surface area contributed by atoms with Crippen LogP contribution >= 0.6 is 0 Å². The summed E-state index contributed by atoms with van der Waals surface area (Å²) in [4.78, 5) is 10.1. The molecule has 1 saturated heterocycles. The van der Waals surface area contributed by atoms with Gasteiger partial charge in [-0.05, 0) is 24.6 Å². The van der Waals surface area contributed by atoms with Gasteiger partial charge in [0.2, 0.25) is 15.9 Å². The lowest BCUT2D eigenvalue weighted by Crippen LogP contribution is -2.31. The highest BCUT2D eigenvalue weighted by Crippen LogP contribution is 2.24. The van der Waals surface area contributed by atoms with E-state index in [1.54, 1.807) is 11.1 Å². The van der Waals surface area contributed by atoms with Crippen LogP contribution in [0.4, 0.5) is 10.2 Å². The van der Waals surface area contributed by atoms with Crippen LogP contribution in [0.25, 0.3) is 0 Å². The van der Waals surface area contributed by atoms with Crippen molar-refractivity contribution in [1.29, 1.82) is 0 Å². The van der Waals surface area contributed by atoms with Crippen molar-refractivity contribution in [2.24, 2.45) is 0 Å². The van der Waals surface area contributed by atoms with E-state index in [2.05, 4.69) is 9.97 Å². The van der Waals surface area contributed by atoms with Gasteiger partial charge in [0.25, 0.3) is 0 Å². The Morgan fingerprint density at radius 3 is 2.84 bits per heavy atom. The molecule has 0 saturated carbocycles.